The fraction of sp³-hybridized carbons (Fsp3) is 0.250. The van der Waals surface area contributed by atoms with Crippen LogP contribution in [-0.2, 0) is 5.41 Å². The summed E-state index contributed by atoms with van der Waals surface area (Å²) in [5.74, 6) is -1.03. The van der Waals surface area contributed by atoms with Crippen LogP contribution in [0.5, 0.6) is 0 Å². The molecule has 0 radical (unpaired) electrons. The first-order chi connectivity index (χ1) is 9.29. The highest BCUT2D eigenvalue weighted by atomic mass is 16.4. The maximum atomic E-state index is 11.1. The van der Waals surface area contributed by atoms with E-state index in [1.54, 1.807) is 12.3 Å². The van der Waals surface area contributed by atoms with E-state index in [4.69, 9.17) is 10.8 Å². The van der Waals surface area contributed by atoms with Gasteiger partial charge in [-0.3, -0.25) is 0 Å². The second kappa shape index (κ2) is 4.96. The van der Waals surface area contributed by atoms with Crippen molar-refractivity contribution in [3.63, 3.8) is 0 Å². The van der Waals surface area contributed by atoms with Gasteiger partial charge in [0.05, 0.1) is 0 Å². The third-order valence-corrected chi connectivity index (χ3v) is 3.23. The summed E-state index contributed by atoms with van der Waals surface area (Å²) in [6.45, 7) is 6.44. The maximum absolute atomic E-state index is 11.1. The predicted molar refractivity (Wildman–Crippen MR) is 79.7 cm³/mol. The molecule has 4 heteroatoms. The van der Waals surface area contributed by atoms with E-state index < -0.39 is 5.97 Å². The number of aromatic carboxylic acids is 1. The second-order valence-electron chi connectivity index (χ2n) is 5.79. The lowest BCUT2D eigenvalue weighted by atomic mass is 9.86. The predicted octanol–water partition coefficient (Wildman–Crippen LogP) is 3.33. The highest BCUT2D eigenvalue weighted by Crippen LogP contribution is 2.27. The zero-order chi connectivity index (χ0) is 14.9. The van der Waals surface area contributed by atoms with Gasteiger partial charge >= 0.3 is 5.97 Å². The normalized spacial score (nSPS) is 11.3. The molecule has 0 amide bonds. The van der Waals surface area contributed by atoms with Crippen LogP contribution in [0.3, 0.4) is 0 Å². The third kappa shape index (κ3) is 2.79. The van der Waals surface area contributed by atoms with Gasteiger partial charge < -0.3 is 10.8 Å². The van der Waals surface area contributed by atoms with Gasteiger partial charge in [-0.1, -0.05) is 45.0 Å². The fourth-order valence-corrected chi connectivity index (χ4v) is 1.97. The highest BCUT2D eigenvalue weighted by Gasteiger charge is 2.14. The number of carboxylic acid groups (broad SMARTS) is 1. The van der Waals surface area contributed by atoms with Crippen molar-refractivity contribution in [1.29, 1.82) is 0 Å². The van der Waals surface area contributed by atoms with E-state index in [0.29, 0.717) is 0 Å². The van der Waals surface area contributed by atoms with Crippen LogP contribution in [0.25, 0.3) is 11.1 Å². The Morgan fingerprint density at radius 1 is 1.15 bits per heavy atom. The number of carboxylic acids is 1. The summed E-state index contributed by atoms with van der Waals surface area (Å²) >= 11 is 0. The number of benzene rings is 1. The van der Waals surface area contributed by atoms with Crippen molar-refractivity contribution in [2.75, 3.05) is 5.73 Å². The standard InChI is InChI=1S/C16H18N2O2/c1-16(2,3)12-6-4-10(5-7-12)11-8-13(15(19)20)14(17)18-9-11/h4-9H,1-3H3,(H2,17,18)(H,19,20). The number of carbonyl (C=O) groups is 1. The molecule has 20 heavy (non-hydrogen) atoms. The number of pyridine rings is 1. The Bertz CT molecular complexity index is 641. The highest BCUT2D eigenvalue weighted by molar-refractivity contribution is 5.94. The Labute approximate surface area is 118 Å². The minimum Gasteiger partial charge on any atom is -0.478 e. The van der Waals surface area contributed by atoms with Gasteiger partial charge in [0.25, 0.3) is 0 Å². The van der Waals surface area contributed by atoms with Crippen LogP contribution < -0.4 is 5.73 Å². The van der Waals surface area contributed by atoms with Crippen molar-refractivity contribution in [2.24, 2.45) is 0 Å². The lowest BCUT2D eigenvalue weighted by Gasteiger charge is -2.19. The summed E-state index contributed by atoms with van der Waals surface area (Å²) in [4.78, 5) is 15.0. The molecule has 0 fully saturated rings. The molecule has 2 aromatic rings. The van der Waals surface area contributed by atoms with E-state index in [2.05, 4.69) is 25.8 Å². The van der Waals surface area contributed by atoms with Gasteiger partial charge in [-0.15, -0.1) is 0 Å². The van der Waals surface area contributed by atoms with Gasteiger partial charge in [0, 0.05) is 11.8 Å². The lowest BCUT2D eigenvalue weighted by Crippen LogP contribution is -2.10. The molecule has 4 nitrogen and oxygen atoms in total. The molecule has 1 aromatic carbocycles. The van der Waals surface area contributed by atoms with Crippen molar-refractivity contribution in [3.8, 4) is 11.1 Å². The smallest absolute Gasteiger partial charge is 0.339 e. The number of nitrogens with two attached hydrogens (primary N) is 1. The Morgan fingerprint density at radius 3 is 2.25 bits per heavy atom. The molecular weight excluding hydrogens is 252 g/mol. The second-order valence-corrected chi connectivity index (χ2v) is 5.79. The van der Waals surface area contributed by atoms with E-state index >= 15 is 0 Å². The molecule has 1 heterocycles. The van der Waals surface area contributed by atoms with Gasteiger partial charge in [-0.05, 0) is 22.6 Å². The van der Waals surface area contributed by atoms with Gasteiger partial charge in [-0.2, -0.15) is 0 Å². The van der Waals surface area contributed by atoms with Crippen LogP contribution in [0.1, 0.15) is 36.7 Å². The van der Waals surface area contributed by atoms with Crippen LogP contribution in [-0.4, -0.2) is 16.1 Å². The lowest BCUT2D eigenvalue weighted by molar-refractivity contribution is 0.0697. The molecule has 1 aromatic heterocycles. The number of nitrogen functional groups attached to an aromatic ring is 1. The molecule has 104 valence electrons. The summed E-state index contributed by atoms with van der Waals surface area (Å²) in [5.41, 5.74) is 8.57. The molecule has 0 saturated carbocycles. The maximum Gasteiger partial charge on any atom is 0.339 e. The Balaban J connectivity index is 2.42. The quantitative estimate of drug-likeness (QED) is 0.877. The largest absolute Gasteiger partial charge is 0.478 e. The third-order valence-electron chi connectivity index (χ3n) is 3.23. The molecule has 0 aliphatic rings. The summed E-state index contributed by atoms with van der Waals surface area (Å²) in [7, 11) is 0. The van der Waals surface area contributed by atoms with Gasteiger partial charge in [-0.25, -0.2) is 9.78 Å². The number of anilines is 1. The SMILES string of the molecule is CC(C)(C)c1ccc(-c2cnc(N)c(C(=O)O)c2)cc1. The van der Waals surface area contributed by atoms with Crippen LogP contribution >= 0.6 is 0 Å². The zero-order valence-electron chi connectivity index (χ0n) is 11.8. The summed E-state index contributed by atoms with van der Waals surface area (Å²) in [6.07, 6.45) is 1.59. The molecule has 0 bridgehead atoms. The van der Waals surface area contributed by atoms with Crippen LogP contribution in [0.4, 0.5) is 5.82 Å². The molecule has 0 aliphatic carbocycles. The summed E-state index contributed by atoms with van der Waals surface area (Å²) in [5, 5.41) is 9.07. The number of hydrogen-bond donors (Lipinski definition) is 2. The average molecular weight is 270 g/mol. The minimum absolute atomic E-state index is 0.0300. The first-order valence-corrected chi connectivity index (χ1v) is 6.39. The number of hydrogen-bond acceptors (Lipinski definition) is 3. The van der Waals surface area contributed by atoms with E-state index in [-0.39, 0.29) is 16.8 Å². The molecule has 3 N–H and O–H groups in total. The molecule has 0 spiro atoms. The van der Waals surface area contributed by atoms with Gasteiger partial charge in [0.1, 0.15) is 11.4 Å². The zero-order valence-corrected chi connectivity index (χ0v) is 11.8. The van der Waals surface area contributed by atoms with Crippen molar-refractivity contribution in [2.45, 2.75) is 26.2 Å². The van der Waals surface area contributed by atoms with Crippen molar-refractivity contribution in [1.82, 2.24) is 4.98 Å². The van der Waals surface area contributed by atoms with Crippen LogP contribution in [0.15, 0.2) is 36.5 Å². The average Bonchev–Trinajstić information content (AvgIpc) is 2.38. The number of aromatic nitrogens is 1. The van der Waals surface area contributed by atoms with Crippen LogP contribution in [0, 0.1) is 0 Å². The van der Waals surface area contributed by atoms with Crippen molar-refractivity contribution < 1.29 is 9.90 Å². The number of nitrogens with zero attached hydrogens (tertiary/aromatic N) is 1. The molecule has 0 unspecified atom stereocenters. The van der Waals surface area contributed by atoms with Crippen molar-refractivity contribution >= 4 is 11.8 Å². The number of rotatable bonds is 2. The van der Waals surface area contributed by atoms with E-state index in [1.807, 2.05) is 24.3 Å². The summed E-state index contributed by atoms with van der Waals surface area (Å²) < 4.78 is 0. The Kier molecular flexibility index (Phi) is 3.49. The molecular formula is C16H18N2O2. The van der Waals surface area contributed by atoms with E-state index in [0.717, 1.165) is 11.1 Å². The molecule has 0 atom stereocenters. The monoisotopic (exact) mass is 270 g/mol. The van der Waals surface area contributed by atoms with Gasteiger partial charge in [0.2, 0.25) is 0 Å². The molecule has 2 rings (SSSR count). The van der Waals surface area contributed by atoms with E-state index in [9.17, 15) is 4.79 Å². The first kappa shape index (κ1) is 14.1. The topological polar surface area (TPSA) is 76.2 Å². The minimum atomic E-state index is -1.07. The Morgan fingerprint density at radius 2 is 1.75 bits per heavy atom. The van der Waals surface area contributed by atoms with Crippen molar-refractivity contribution in [3.05, 3.63) is 47.7 Å². The molecule has 0 saturated heterocycles. The van der Waals surface area contributed by atoms with E-state index in [1.165, 1.54) is 5.56 Å². The first-order valence-electron chi connectivity index (χ1n) is 6.39. The van der Waals surface area contributed by atoms with Crippen LogP contribution in [0.2, 0.25) is 0 Å². The summed E-state index contributed by atoms with van der Waals surface area (Å²) in [6, 6.07) is 9.59. The fourth-order valence-electron chi connectivity index (χ4n) is 1.97. The Hall–Kier alpha value is -2.36. The van der Waals surface area contributed by atoms with Gasteiger partial charge in [0.15, 0.2) is 0 Å². The molecule has 0 aliphatic heterocycles.